The van der Waals surface area contributed by atoms with Crippen LogP contribution in [0.25, 0.3) is 5.76 Å². The van der Waals surface area contributed by atoms with E-state index < -0.39 is 52.0 Å². The van der Waals surface area contributed by atoms with Gasteiger partial charge < -0.3 is 31.5 Å². The van der Waals surface area contributed by atoms with Crippen LogP contribution in [0.3, 0.4) is 0 Å². The molecule has 182 valence electrons. The minimum atomic E-state index is -2.54. The Morgan fingerprint density at radius 3 is 2.47 bits per heavy atom. The Hall–Kier alpha value is -3.17. The van der Waals surface area contributed by atoms with Crippen LogP contribution in [-0.2, 0) is 27.3 Å². The summed E-state index contributed by atoms with van der Waals surface area (Å²) in [6.45, 7) is 7.52. The summed E-state index contributed by atoms with van der Waals surface area (Å²) in [5, 5.41) is 46.9. The number of phenolic OH excluding ortho intramolecular Hbond substituents is 1. The van der Waals surface area contributed by atoms with Crippen LogP contribution >= 0.6 is 0 Å². The van der Waals surface area contributed by atoms with E-state index in [4.69, 9.17) is 5.73 Å². The number of carbonyl (C=O) groups excluding carboxylic acids is 3. The number of phenols is 1. The minimum absolute atomic E-state index is 0.0548. The Bertz CT molecular complexity index is 1170. The first-order valence-corrected chi connectivity index (χ1v) is 11.3. The maximum Gasteiger partial charge on any atom is 0.255 e. The number of amides is 1. The summed E-state index contributed by atoms with van der Waals surface area (Å²) >= 11 is 0. The zero-order valence-corrected chi connectivity index (χ0v) is 19.4. The number of nitrogens with one attached hydrogen (secondary N) is 1. The van der Waals surface area contributed by atoms with E-state index in [2.05, 4.69) is 26.1 Å². The van der Waals surface area contributed by atoms with Crippen LogP contribution in [-0.4, -0.2) is 50.0 Å². The Labute approximate surface area is 197 Å². The van der Waals surface area contributed by atoms with Gasteiger partial charge >= 0.3 is 0 Å². The molecule has 0 bridgehead atoms. The standard InChI is InChI=1S/C25H30N2O7/c1-24(2,3)10-27-9-11-4-5-15(28)18-14(11)7-12-6-13-8-16(29)19(23(26)33)22(32)25(13,34)21(31)17(12)20(18)30/h4-5,12-13,27-28,30,32,34H,6-10H2,1-3H3,(H2,26,33)/t12-,13+,25+/m1/s1. The fourth-order valence-electron chi connectivity index (χ4n) is 5.42. The van der Waals surface area contributed by atoms with E-state index in [9.17, 15) is 34.8 Å². The van der Waals surface area contributed by atoms with Crippen LogP contribution in [0.4, 0.5) is 0 Å². The van der Waals surface area contributed by atoms with Gasteiger partial charge in [0, 0.05) is 31.0 Å². The van der Waals surface area contributed by atoms with Gasteiger partial charge in [-0.2, -0.15) is 0 Å². The zero-order valence-electron chi connectivity index (χ0n) is 19.4. The minimum Gasteiger partial charge on any atom is -0.508 e. The smallest absolute Gasteiger partial charge is 0.255 e. The first-order valence-electron chi connectivity index (χ1n) is 11.3. The largest absolute Gasteiger partial charge is 0.508 e. The Balaban J connectivity index is 1.80. The number of hydrogen-bond donors (Lipinski definition) is 6. The van der Waals surface area contributed by atoms with E-state index in [0.29, 0.717) is 18.5 Å². The predicted molar refractivity (Wildman–Crippen MR) is 123 cm³/mol. The van der Waals surface area contributed by atoms with Crippen LogP contribution in [0.5, 0.6) is 5.75 Å². The molecule has 1 fully saturated rings. The molecule has 0 heterocycles. The monoisotopic (exact) mass is 470 g/mol. The molecule has 3 aliphatic carbocycles. The molecule has 0 aromatic heterocycles. The average molecular weight is 471 g/mol. The highest BCUT2D eigenvalue weighted by Gasteiger charge is 2.60. The van der Waals surface area contributed by atoms with E-state index in [1.807, 2.05) is 0 Å². The lowest BCUT2D eigenvalue weighted by Gasteiger charge is -2.46. The van der Waals surface area contributed by atoms with Crippen LogP contribution in [0.2, 0.25) is 0 Å². The molecule has 0 radical (unpaired) electrons. The van der Waals surface area contributed by atoms with Crippen molar-refractivity contribution < 1.29 is 34.8 Å². The van der Waals surface area contributed by atoms with E-state index >= 15 is 0 Å². The second-order valence-electron chi connectivity index (χ2n) is 10.7. The van der Waals surface area contributed by atoms with Crippen LogP contribution in [0.15, 0.2) is 29.0 Å². The lowest BCUT2D eigenvalue weighted by Crippen LogP contribution is -2.58. The number of aromatic hydroxyl groups is 1. The summed E-state index contributed by atoms with van der Waals surface area (Å²) in [4.78, 5) is 37.6. The molecule has 4 rings (SSSR count). The van der Waals surface area contributed by atoms with Crippen molar-refractivity contribution in [2.24, 2.45) is 23.0 Å². The molecule has 7 N–H and O–H groups in total. The lowest BCUT2D eigenvalue weighted by molar-refractivity contribution is -0.147. The number of carbonyl (C=O) groups is 3. The summed E-state index contributed by atoms with van der Waals surface area (Å²) in [6.07, 6.45) is 0.0881. The van der Waals surface area contributed by atoms with E-state index in [-0.39, 0.29) is 35.1 Å². The quantitative estimate of drug-likeness (QED) is 0.360. The van der Waals surface area contributed by atoms with Crippen LogP contribution in [0, 0.1) is 17.3 Å². The molecule has 34 heavy (non-hydrogen) atoms. The van der Waals surface area contributed by atoms with Gasteiger partial charge in [0.25, 0.3) is 5.91 Å². The highest BCUT2D eigenvalue weighted by molar-refractivity contribution is 6.22. The molecule has 9 heteroatoms. The summed E-state index contributed by atoms with van der Waals surface area (Å²) in [5.41, 5.74) is 3.44. The van der Waals surface area contributed by atoms with Gasteiger partial charge in [0.1, 0.15) is 22.8 Å². The summed E-state index contributed by atoms with van der Waals surface area (Å²) < 4.78 is 0. The van der Waals surface area contributed by atoms with Gasteiger partial charge in [-0.25, -0.2) is 0 Å². The molecule has 1 aromatic rings. The highest BCUT2D eigenvalue weighted by Crippen LogP contribution is 2.52. The van der Waals surface area contributed by atoms with Crippen molar-refractivity contribution in [2.45, 2.75) is 52.2 Å². The van der Waals surface area contributed by atoms with Gasteiger partial charge in [-0.15, -0.1) is 0 Å². The molecule has 0 unspecified atom stereocenters. The van der Waals surface area contributed by atoms with E-state index in [0.717, 1.165) is 12.1 Å². The van der Waals surface area contributed by atoms with Crippen molar-refractivity contribution in [3.05, 3.63) is 45.7 Å². The summed E-state index contributed by atoms with van der Waals surface area (Å²) in [5.74, 6) is -6.22. The molecule has 1 saturated carbocycles. The van der Waals surface area contributed by atoms with Crippen LogP contribution in [0.1, 0.15) is 50.3 Å². The molecule has 0 saturated heterocycles. The molecule has 1 amide bonds. The number of ketones is 2. The van der Waals surface area contributed by atoms with Crippen LogP contribution < -0.4 is 11.1 Å². The fourth-order valence-corrected chi connectivity index (χ4v) is 5.42. The van der Waals surface area contributed by atoms with Crippen molar-refractivity contribution in [3.8, 4) is 5.75 Å². The van der Waals surface area contributed by atoms with E-state index in [1.165, 1.54) is 6.07 Å². The molecular formula is C25H30N2O7. The number of aliphatic hydroxyl groups excluding tert-OH is 2. The van der Waals surface area contributed by atoms with Gasteiger partial charge in [-0.3, -0.25) is 14.4 Å². The molecular weight excluding hydrogens is 440 g/mol. The molecule has 9 nitrogen and oxygen atoms in total. The van der Waals surface area contributed by atoms with Gasteiger partial charge in [-0.1, -0.05) is 26.8 Å². The second-order valence-corrected chi connectivity index (χ2v) is 10.7. The predicted octanol–water partition coefficient (Wildman–Crippen LogP) is 1.56. The van der Waals surface area contributed by atoms with Crippen molar-refractivity contribution in [1.82, 2.24) is 5.32 Å². The number of primary amides is 1. The molecule has 3 atom stereocenters. The first-order chi connectivity index (χ1) is 15.8. The van der Waals surface area contributed by atoms with Crippen molar-refractivity contribution >= 4 is 23.2 Å². The Morgan fingerprint density at radius 1 is 1.18 bits per heavy atom. The number of aliphatic hydroxyl groups is 3. The maximum atomic E-state index is 13.5. The topological polar surface area (TPSA) is 170 Å². The third kappa shape index (κ3) is 3.59. The average Bonchev–Trinajstić information content (AvgIpc) is 2.71. The van der Waals surface area contributed by atoms with Gasteiger partial charge in [0.2, 0.25) is 5.78 Å². The number of Topliss-reactive ketones (excluding diaryl/α,β-unsaturated/α-hetero) is 2. The SMILES string of the molecule is CC(C)(C)CNCc1ccc(O)c2c1C[C@H]1C[C@H]3CC(=O)C(C(N)=O)=C(O)[C@@]3(O)C(=O)C1=C2O. The zero-order chi connectivity index (χ0) is 25.2. The third-order valence-electron chi connectivity index (χ3n) is 7.01. The van der Waals surface area contributed by atoms with Gasteiger partial charge in [-0.05, 0) is 41.4 Å². The van der Waals surface area contributed by atoms with E-state index in [1.54, 1.807) is 6.07 Å². The first kappa shape index (κ1) is 24.0. The third-order valence-corrected chi connectivity index (χ3v) is 7.01. The number of fused-ring (bicyclic) bond motifs is 3. The fraction of sp³-hybridized carbons (Fsp3) is 0.480. The Kier molecular flexibility index (Phi) is 5.61. The summed E-state index contributed by atoms with van der Waals surface area (Å²) in [6, 6.07) is 3.21. The van der Waals surface area contributed by atoms with Crippen molar-refractivity contribution in [3.63, 3.8) is 0 Å². The highest BCUT2D eigenvalue weighted by atomic mass is 16.3. The van der Waals surface area contributed by atoms with Gasteiger partial charge in [0.05, 0.1) is 5.56 Å². The van der Waals surface area contributed by atoms with Crippen molar-refractivity contribution in [2.75, 3.05) is 6.54 Å². The summed E-state index contributed by atoms with van der Waals surface area (Å²) in [7, 11) is 0. The molecule has 1 aromatic carbocycles. The number of nitrogens with two attached hydrogens (primary N) is 1. The maximum absolute atomic E-state index is 13.5. The number of rotatable bonds is 4. The molecule has 3 aliphatic rings. The normalized spacial score (nSPS) is 26.8. The lowest BCUT2D eigenvalue weighted by atomic mass is 9.59. The second kappa shape index (κ2) is 7.95. The molecule has 0 aliphatic heterocycles. The van der Waals surface area contributed by atoms with Crippen molar-refractivity contribution in [1.29, 1.82) is 0 Å². The Morgan fingerprint density at radius 2 is 1.85 bits per heavy atom. The molecule has 0 spiro atoms. The van der Waals surface area contributed by atoms with Gasteiger partial charge in [0.15, 0.2) is 11.4 Å². The number of hydrogen-bond acceptors (Lipinski definition) is 8. The number of benzene rings is 1.